The second-order valence-corrected chi connectivity index (χ2v) is 13.8. The number of piperidine rings is 1. The summed E-state index contributed by atoms with van der Waals surface area (Å²) >= 11 is 0. The number of methoxy groups -OCH3 is 4. The van der Waals surface area contributed by atoms with Gasteiger partial charge in [-0.25, -0.2) is 4.98 Å². The quantitative estimate of drug-likeness (QED) is 0.0956. The van der Waals surface area contributed by atoms with Crippen molar-refractivity contribution in [3.8, 4) is 23.0 Å². The molecule has 0 saturated carbocycles. The highest BCUT2D eigenvalue weighted by molar-refractivity contribution is 5.98. The molecule has 6 rings (SSSR count). The fourth-order valence-electron chi connectivity index (χ4n) is 7.87. The van der Waals surface area contributed by atoms with Crippen molar-refractivity contribution < 1.29 is 33.3 Å². The maximum absolute atomic E-state index is 14.5. The molecule has 2 fully saturated rings. The number of carbonyl (C=O) groups is 2. The lowest BCUT2D eigenvalue weighted by atomic mass is 9.77. The van der Waals surface area contributed by atoms with Gasteiger partial charge in [-0.05, 0) is 106 Å². The summed E-state index contributed by atoms with van der Waals surface area (Å²) in [7, 11) is 6.44. The average molecular weight is 713 g/mol. The first-order chi connectivity index (χ1) is 25.3. The molecule has 0 radical (unpaired) electrons. The lowest BCUT2D eigenvalue weighted by Gasteiger charge is -2.35. The van der Waals surface area contributed by atoms with Crippen molar-refractivity contribution >= 4 is 22.7 Å². The zero-order chi connectivity index (χ0) is 36.7. The number of fused-ring (bicyclic) bond motifs is 1. The predicted octanol–water partition coefficient (Wildman–Crippen LogP) is 6.05. The van der Waals surface area contributed by atoms with E-state index in [2.05, 4.69) is 17.0 Å². The number of nitrogens with zero attached hydrogens (tertiary/aromatic N) is 4. The zero-order valence-corrected chi connectivity index (χ0v) is 31.2. The number of para-hydroxylation sites is 2. The molecule has 2 saturated heterocycles. The van der Waals surface area contributed by atoms with Crippen LogP contribution in [0.2, 0.25) is 0 Å². The van der Waals surface area contributed by atoms with E-state index in [0.29, 0.717) is 62.3 Å². The highest BCUT2D eigenvalue weighted by Crippen LogP contribution is 2.42. The number of hydrogen-bond acceptors (Lipinski definition) is 9. The van der Waals surface area contributed by atoms with E-state index in [1.165, 1.54) is 0 Å². The number of amides is 1. The van der Waals surface area contributed by atoms with E-state index in [-0.39, 0.29) is 17.6 Å². The maximum Gasteiger partial charge on any atom is 0.229 e. The fourth-order valence-corrected chi connectivity index (χ4v) is 7.87. The Bertz CT molecular complexity index is 1810. The maximum atomic E-state index is 14.5. The van der Waals surface area contributed by atoms with Crippen LogP contribution in [0, 0.1) is 11.3 Å². The molecule has 2 aliphatic rings. The van der Waals surface area contributed by atoms with E-state index in [1.807, 2.05) is 64.9 Å². The second kappa shape index (κ2) is 16.8. The first-order valence-electron chi connectivity index (χ1n) is 18.3. The lowest BCUT2D eigenvalue weighted by Crippen LogP contribution is -2.42. The number of hydrogen-bond donors (Lipinski definition) is 0. The van der Waals surface area contributed by atoms with Gasteiger partial charge in [0, 0.05) is 32.2 Å². The van der Waals surface area contributed by atoms with Crippen LogP contribution >= 0.6 is 0 Å². The van der Waals surface area contributed by atoms with Gasteiger partial charge in [-0.2, -0.15) is 0 Å². The number of rotatable bonds is 17. The third-order valence-corrected chi connectivity index (χ3v) is 10.8. The van der Waals surface area contributed by atoms with Crippen molar-refractivity contribution in [2.75, 3.05) is 67.8 Å². The molecule has 1 aromatic heterocycles. The van der Waals surface area contributed by atoms with Crippen molar-refractivity contribution in [2.45, 2.75) is 52.1 Å². The summed E-state index contributed by atoms with van der Waals surface area (Å²) in [5, 5.41) is 0. The van der Waals surface area contributed by atoms with Crippen molar-refractivity contribution in [2.24, 2.45) is 11.3 Å². The first kappa shape index (κ1) is 37.2. The van der Waals surface area contributed by atoms with E-state index in [9.17, 15) is 9.59 Å². The molecule has 1 atom stereocenters. The van der Waals surface area contributed by atoms with Crippen LogP contribution in [0.15, 0.2) is 60.7 Å². The van der Waals surface area contributed by atoms with Crippen LogP contribution in [0.1, 0.15) is 54.4 Å². The normalized spacial score (nSPS) is 18.2. The van der Waals surface area contributed by atoms with Crippen molar-refractivity contribution in [3.05, 3.63) is 77.6 Å². The molecular weight excluding hydrogens is 660 g/mol. The minimum absolute atomic E-state index is 0.0887. The van der Waals surface area contributed by atoms with Gasteiger partial charge in [0.05, 0.1) is 51.5 Å². The van der Waals surface area contributed by atoms with Crippen molar-refractivity contribution in [1.29, 1.82) is 0 Å². The Morgan fingerprint density at radius 2 is 1.58 bits per heavy atom. The van der Waals surface area contributed by atoms with Gasteiger partial charge >= 0.3 is 0 Å². The van der Waals surface area contributed by atoms with Crippen molar-refractivity contribution in [1.82, 2.24) is 19.4 Å². The Morgan fingerprint density at radius 3 is 2.23 bits per heavy atom. The number of carbonyl (C=O) groups excluding carboxylic acids is 2. The van der Waals surface area contributed by atoms with Gasteiger partial charge in [-0.3, -0.25) is 9.59 Å². The molecule has 4 aromatic rings. The van der Waals surface area contributed by atoms with Gasteiger partial charge in [-0.1, -0.05) is 24.3 Å². The smallest absolute Gasteiger partial charge is 0.229 e. The Balaban J connectivity index is 1.14. The van der Waals surface area contributed by atoms with E-state index >= 15 is 0 Å². The second-order valence-electron chi connectivity index (χ2n) is 13.8. The van der Waals surface area contributed by atoms with Gasteiger partial charge in [-0.15, -0.1) is 0 Å². The Morgan fingerprint density at radius 1 is 0.865 bits per heavy atom. The summed E-state index contributed by atoms with van der Waals surface area (Å²) in [5.74, 6) is 3.17. The summed E-state index contributed by atoms with van der Waals surface area (Å²) in [6.45, 7) is 7.23. The van der Waals surface area contributed by atoms with E-state index in [4.69, 9.17) is 28.7 Å². The predicted molar refractivity (Wildman–Crippen MR) is 200 cm³/mol. The van der Waals surface area contributed by atoms with Gasteiger partial charge in [0.1, 0.15) is 5.75 Å². The Labute approximate surface area is 306 Å². The van der Waals surface area contributed by atoms with Gasteiger partial charge < -0.3 is 38.1 Å². The Hall–Kier alpha value is -4.61. The average Bonchev–Trinajstić information content (AvgIpc) is 3.70. The summed E-state index contributed by atoms with van der Waals surface area (Å²) in [5.41, 5.74) is 3.28. The van der Waals surface area contributed by atoms with Crippen LogP contribution in [-0.2, 0) is 29.0 Å². The number of likely N-dealkylation sites (tertiary alicyclic amines) is 2. The number of ether oxygens (including phenoxy) is 5. The molecule has 0 aliphatic carbocycles. The largest absolute Gasteiger partial charge is 0.497 e. The molecular formula is C41H52N4O7. The molecule has 1 amide bonds. The van der Waals surface area contributed by atoms with Crippen LogP contribution in [0.3, 0.4) is 0 Å². The molecule has 11 heteroatoms. The minimum Gasteiger partial charge on any atom is -0.497 e. The molecule has 278 valence electrons. The van der Waals surface area contributed by atoms with Crippen LogP contribution in [0.5, 0.6) is 23.0 Å². The molecule has 0 N–H and O–H groups in total. The number of Topliss-reactive ketones (excluding diaryl/α,β-unsaturated/α-hetero) is 1. The first-order valence-corrected chi connectivity index (χ1v) is 18.3. The molecule has 0 spiro atoms. The minimum atomic E-state index is -0.548. The number of ketones is 1. The molecule has 3 heterocycles. The third kappa shape index (κ3) is 7.90. The molecule has 11 nitrogen and oxygen atoms in total. The van der Waals surface area contributed by atoms with Crippen LogP contribution < -0.4 is 18.9 Å². The summed E-state index contributed by atoms with van der Waals surface area (Å²) in [6, 6.07) is 19.8. The van der Waals surface area contributed by atoms with Crippen LogP contribution in [0.25, 0.3) is 11.0 Å². The van der Waals surface area contributed by atoms with Crippen molar-refractivity contribution in [3.63, 3.8) is 0 Å². The summed E-state index contributed by atoms with van der Waals surface area (Å²) in [6.07, 6.45) is 3.67. The molecule has 3 aromatic carbocycles. The van der Waals surface area contributed by atoms with Gasteiger partial charge in [0.25, 0.3) is 0 Å². The summed E-state index contributed by atoms with van der Waals surface area (Å²) in [4.78, 5) is 37.6. The molecule has 0 bridgehead atoms. The third-order valence-electron chi connectivity index (χ3n) is 10.8. The van der Waals surface area contributed by atoms with Crippen LogP contribution in [0.4, 0.5) is 0 Å². The standard InChI is InChI=1S/C41H52N4O7/c1-6-52-24-23-45-34-10-8-7-9-33(34)42-39(45)37(46)31-15-19-43(20-16-31)21-17-41(27-29-11-13-32(48-2)14-12-29)18-22-44(40(41)47)28-30-25-35(49-3)38(51-5)36(26-30)50-4/h7-14,25-26,31H,6,15-24,27-28H2,1-5H3. The van der Waals surface area contributed by atoms with E-state index < -0.39 is 5.41 Å². The summed E-state index contributed by atoms with van der Waals surface area (Å²) < 4.78 is 29.7. The fraction of sp³-hybridized carbons (Fsp3) is 0.488. The topological polar surface area (TPSA) is 105 Å². The monoisotopic (exact) mass is 712 g/mol. The van der Waals surface area contributed by atoms with E-state index in [1.54, 1.807) is 28.4 Å². The number of benzene rings is 3. The zero-order valence-electron chi connectivity index (χ0n) is 31.2. The molecule has 1 unspecified atom stereocenters. The number of aromatic nitrogens is 2. The highest BCUT2D eigenvalue weighted by Gasteiger charge is 2.46. The molecule has 52 heavy (non-hydrogen) atoms. The number of imidazole rings is 1. The molecule has 2 aliphatic heterocycles. The van der Waals surface area contributed by atoms with Gasteiger partial charge in [0.15, 0.2) is 17.3 Å². The SMILES string of the molecule is CCOCCn1c(C(=O)C2CCN(CCC3(Cc4ccc(OC)cc4)CCN(Cc4cc(OC)c(OC)c(OC)c4)C3=O)CC2)nc2ccccc21. The highest BCUT2D eigenvalue weighted by atomic mass is 16.5. The van der Waals surface area contributed by atoms with Crippen LogP contribution in [-0.4, -0.2) is 98.9 Å². The lowest BCUT2D eigenvalue weighted by molar-refractivity contribution is -0.137. The Kier molecular flexibility index (Phi) is 12.0. The van der Waals surface area contributed by atoms with Gasteiger partial charge in [0.2, 0.25) is 17.4 Å². The van der Waals surface area contributed by atoms with E-state index in [0.717, 1.165) is 73.2 Å².